The minimum Gasteiger partial charge on any atom is -0.478 e. The molecule has 0 bridgehead atoms. The van der Waals surface area contributed by atoms with Crippen molar-refractivity contribution < 1.29 is 9.90 Å². The monoisotopic (exact) mass is 419 g/mol. The molecule has 3 aromatic carbocycles. The van der Waals surface area contributed by atoms with E-state index in [2.05, 4.69) is 31.4 Å². The van der Waals surface area contributed by atoms with Crippen LogP contribution in [0.3, 0.4) is 0 Å². The SMILES string of the molecule is O=C(O)c1ccc(-c2nnc(Nc3cccc(Br)c3)c3ccccc23)cc1. The Kier molecular flexibility index (Phi) is 4.56. The second-order valence-corrected chi connectivity index (χ2v) is 6.88. The topological polar surface area (TPSA) is 75.1 Å². The summed E-state index contributed by atoms with van der Waals surface area (Å²) in [5.41, 5.74) is 2.67. The van der Waals surface area contributed by atoms with E-state index in [0.717, 1.165) is 26.5 Å². The van der Waals surface area contributed by atoms with E-state index in [9.17, 15) is 4.79 Å². The van der Waals surface area contributed by atoms with Crippen LogP contribution in [0.2, 0.25) is 0 Å². The summed E-state index contributed by atoms with van der Waals surface area (Å²) in [4.78, 5) is 11.1. The summed E-state index contributed by atoms with van der Waals surface area (Å²) >= 11 is 3.47. The zero-order chi connectivity index (χ0) is 18.8. The molecule has 0 spiro atoms. The minimum atomic E-state index is -0.953. The highest BCUT2D eigenvalue weighted by atomic mass is 79.9. The van der Waals surface area contributed by atoms with Gasteiger partial charge in [0.1, 0.15) is 5.69 Å². The quantitative estimate of drug-likeness (QED) is 0.456. The summed E-state index contributed by atoms with van der Waals surface area (Å²) in [6.07, 6.45) is 0. The van der Waals surface area contributed by atoms with Crippen molar-refractivity contribution >= 4 is 44.2 Å². The number of benzene rings is 3. The highest BCUT2D eigenvalue weighted by molar-refractivity contribution is 9.10. The Labute approximate surface area is 163 Å². The molecule has 0 fully saturated rings. The molecule has 0 atom stereocenters. The van der Waals surface area contributed by atoms with Gasteiger partial charge in [-0.1, -0.05) is 58.4 Å². The molecule has 1 heterocycles. The number of anilines is 2. The van der Waals surface area contributed by atoms with Crippen LogP contribution in [0.1, 0.15) is 10.4 Å². The first-order chi connectivity index (χ1) is 13.1. The number of rotatable bonds is 4. The van der Waals surface area contributed by atoms with Crippen molar-refractivity contribution in [2.24, 2.45) is 0 Å². The zero-order valence-corrected chi connectivity index (χ0v) is 15.6. The van der Waals surface area contributed by atoms with Crippen LogP contribution in [-0.2, 0) is 0 Å². The number of aromatic carboxylic acids is 1. The number of nitrogens with one attached hydrogen (secondary N) is 1. The first-order valence-electron chi connectivity index (χ1n) is 8.23. The van der Waals surface area contributed by atoms with E-state index in [0.29, 0.717) is 11.5 Å². The van der Waals surface area contributed by atoms with Gasteiger partial charge in [0.2, 0.25) is 0 Å². The number of aromatic nitrogens is 2. The van der Waals surface area contributed by atoms with Gasteiger partial charge in [-0.25, -0.2) is 4.79 Å². The molecular formula is C21H14BrN3O2. The third kappa shape index (κ3) is 3.52. The van der Waals surface area contributed by atoms with Crippen LogP contribution in [0.15, 0.2) is 77.3 Å². The molecule has 0 unspecified atom stereocenters. The molecule has 6 heteroatoms. The van der Waals surface area contributed by atoms with Crippen LogP contribution in [0.25, 0.3) is 22.0 Å². The number of carbonyl (C=O) groups is 1. The van der Waals surface area contributed by atoms with E-state index in [4.69, 9.17) is 5.11 Å². The van der Waals surface area contributed by atoms with Gasteiger partial charge < -0.3 is 10.4 Å². The predicted octanol–water partition coefficient (Wildman–Crippen LogP) is 5.50. The van der Waals surface area contributed by atoms with Crippen molar-refractivity contribution in [1.82, 2.24) is 10.2 Å². The molecule has 0 amide bonds. The van der Waals surface area contributed by atoms with Crippen molar-refractivity contribution in [2.75, 3.05) is 5.32 Å². The summed E-state index contributed by atoms with van der Waals surface area (Å²) in [5, 5.41) is 23.0. The molecule has 4 rings (SSSR count). The Balaban J connectivity index is 1.79. The van der Waals surface area contributed by atoms with Crippen molar-refractivity contribution in [2.45, 2.75) is 0 Å². The fraction of sp³-hybridized carbons (Fsp3) is 0. The molecule has 0 aliphatic heterocycles. The highest BCUT2D eigenvalue weighted by Crippen LogP contribution is 2.31. The largest absolute Gasteiger partial charge is 0.478 e. The fourth-order valence-electron chi connectivity index (χ4n) is 2.88. The minimum absolute atomic E-state index is 0.240. The van der Waals surface area contributed by atoms with Crippen LogP contribution in [0, 0.1) is 0 Å². The number of hydrogen-bond acceptors (Lipinski definition) is 4. The van der Waals surface area contributed by atoms with Gasteiger partial charge in [-0.3, -0.25) is 0 Å². The lowest BCUT2D eigenvalue weighted by atomic mass is 10.0. The average molecular weight is 420 g/mol. The lowest BCUT2D eigenvalue weighted by Gasteiger charge is -2.11. The van der Waals surface area contributed by atoms with Crippen molar-refractivity contribution in [3.05, 3.63) is 82.8 Å². The van der Waals surface area contributed by atoms with Gasteiger partial charge >= 0.3 is 5.97 Å². The Bertz CT molecular complexity index is 1140. The number of fused-ring (bicyclic) bond motifs is 1. The van der Waals surface area contributed by atoms with Gasteiger partial charge in [0.15, 0.2) is 5.82 Å². The molecule has 0 aliphatic carbocycles. The second kappa shape index (κ2) is 7.17. The van der Waals surface area contributed by atoms with Gasteiger partial charge in [-0.2, -0.15) is 0 Å². The fourth-order valence-corrected chi connectivity index (χ4v) is 3.28. The standard InChI is InChI=1S/C21H14BrN3O2/c22-15-4-3-5-16(12-15)23-20-18-7-2-1-6-17(18)19(24-25-20)13-8-10-14(11-9-13)21(26)27/h1-12H,(H,23,25)(H,26,27). The predicted molar refractivity (Wildman–Crippen MR) is 109 cm³/mol. The molecule has 0 saturated carbocycles. The van der Waals surface area contributed by atoms with Gasteiger partial charge in [-0.15, -0.1) is 10.2 Å². The molecule has 0 radical (unpaired) electrons. The molecule has 132 valence electrons. The van der Waals surface area contributed by atoms with Gasteiger partial charge in [0.05, 0.1) is 5.56 Å². The Hall–Kier alpha value is -3.25. The van der Waals surface area contributed by atoms with Crippen LogP contribution >= 0.6 is 15.9 Å². The Morgan fingerprint density at radius 2 is 1.63 bits per heavy atom. The van der Waals surface area contributed by atoms with Gasteiger partial charge in [0, 0.05) is 26.5 Å². The van der Waals surface area contributed by atoms with Gasteiger partial charge in [0.25, 0.3) is 0 Å². The molecule has 2 N–H and O–H groups in total. The smallest absolute Gasteiger partial charge is 0.335 e. The van der Waals surface area contributed by atoms with E-state index in [-0.39, 0.29) is 5.56 Å². The number of carboxylic acids is 1. The van der Waals surface area contributed by atoms with E-state index < -0.39 is 5.97 Å². The summed E-state index contributed by atoms with van der Waals surface area (Å²) in [6, 6.07) is 22.3. The maximum Gasteiger partial charge on any atom is 0.335 e. The Morgan fingerprint density at radius 1 is 0.889 bits per heavy atom. The molecule has 0 saturated heterocycles. The van der Waals surface area contributed by atoms with Crippen molar-refractivity contribution in [1.29, 1.82) is 0 Å². The average Bonchev–Trinajstić information content (AvgIpc) is 2.68. The number of hydrogen-bond donors (Lipinski definition) is 2. The molecule has 27 heavy (non-hydrogen) atoms. The molecule has 4 aromatic rings. The Morgan fingerprint density at radius 3 is 2.33 bits per heavy atom. The summed E-state index contributed by atoms with van der Waals surface area (Å²) in [7, 11) is 0. The second-order valence-electron chi connectivity index (χ2n) is 5.96. The van der Waals surface area contributed by atoms with Crippen molar-refractivity contribution in [3.63, 3.8) is 0 Å². The maximum absolute atomic E-state index is 11.1. The van der Waals surface area contributed by atoms with E-state index >= 15 is 0 Å². The number of carboxylic acid groups (broad SMARTS) is 1. The first-order valence-corrected chi connectivity index (χ1v) is 9.03. The normalized spacial score (nSPS) is 10.7. The van der Waals surface area contributed by atoms with E-state index in [1.807, 2.05) is 48.5 Å². The maximum atomic E-state index is 11.1. The summed E-state index contributed by atoms with van der Waals surface area (Å²) < 4.78 is 0.972. The molecule has 5 nitrogen and oxygen atoms in total. The zero-order valence-electron chi connectivity index (χ0n) is 14.1. The molecular weight excluding hydrogens is 406 g/mol. The number of nitrogens with zero attached hydrogens (tertiary/aromatic N) is 2. The highest BCUT2D eigenvalue weighted by Gasteiger charge is 2.12. The molecule has 0 aliphatic rings. The van der Waals surface area contributed by atoms with Crippen LogP contribution in [0.4, 0.5) is 11.5 Å². The summed E-state index contributed by atoms with van der Waals surface area (Å²) in [5.74, 6) is -0.291. The first kappa shape index (κ1) is 17.2. The van der Waals surface area contributed by atoms with Crippen molar-refractivity contribution in [3.8, 4) is 11.3 Å². The lowest BCUT2D eigenvalue weighted by Crippen LogP contribution is -2.00. The molecule has 1 aromatic heterocycles. The van der Waals surface area contributed by atoms with Crippen LogP contribution in [0.5, 0.6) is 0 Å². The van der Waals surface area contributed by atoms with Crippen LogP contribution < -0.4 is 5.32 Å². The van der Waals surface area contributed by atoms with E-state index in [1.54, 1.807) is 24.3 Å². The van der Waals surface area contributed by atoms with Gasteiger partial charge in [-0.05, 0) is 30.3 Å². The number of halogens is 1. The van der Waals surface area contributed by atoms with Crippen LogP contribution in [-0.4, -0.2) is 21.3 Å². The lowest BCUT2D eigenvalue weighted by molar-refractivity contribution is 0.0697. The third-order valence-corrected chi connectivity index (χ3v) is 4.67. The third-order valence-electron chi connectivity index (χ3n) is 4.18. The summed E-state index contributed by atoms with van der Waals surface area (Å²) in [6.45, 7) is 0. The van der Waals surface area contributed by atoms with E-state index in [1.165, 1.54) is 0 Å².